The highest BCUT2D eigenvalue weighted by Gasteiger charge is 2.33. The smallest absolute Gasteiger partial charge is 0.315 e. The summed E-state index contributed by atoms with van der Waals surface area (Å²) in [5.74, 6) is -2.65. The fraction of sp³-hybridized carbons (Fsp3) is 0.412. The van der Waals surface area contributed by atoms with Crippen LogP contribution >= 0.6 is 11.3 Å². The van der Waals surface area contributed by atoms with Gasteiger partial charge < -0.3 is 15.4 Å². The first-order valence-electron chi connectivity index (χ1n) is 8.48. The quantitative estimate of drug-likeness (QED) is 0.684. The van der Waals surface area contributed by atoms with Crippen LogP contribution in [0.2, 0.25) is 0 Å². The number of carbonyl (C=O) groups excluding carboxylic acids is 4. The number of rotatable bonds is 6. The van der Waals surface area contributed by atoms with E-state index in [4.69, 9.17) is 4.74 Å². The van der Waals surface area contributed by atoms with Crippen LogP contribution in [0, 0.1) is 5.92 Å². The van der Waals surface area contributed by atoms with Crippen molar-refractivity contribution in [3.05, 3.63) is 22.7 Å². The van der Waals surface area contributed by atoms with Gasteiger partial charge in [-0.2, -0.15) is 0 Å². The van der Waals surface area contributed by atoms with Gasteiger partial charge in [0.2, 0.25) is 11.8 Å². The highest BCUT2D eigenvalue weighted by atomic mass is 32.1. The normalized spacial score (nSPS) is 20.3. The Labute approximate surface area is 158 Å². The average Bonchev–Trinajstić information content (AvgIpc) is 3.20. The third-order valence-electron chi connectivity index (χ3n) is 4.07. The fourth-order valence-corrected chi connectivity index (χ4v) is 3.84. The minimum absolute atomic E-state index is 0.240. The van der Waals surface area contributed by atoms with Crippen molar-refractivity contribution in [2.24, 2.45) is 10.9 Å². The minimum Gasteiger partial charge on any atom is -0.465 e. The number of amides is 3. The molecule has 0 fully saturated rings. The molecule has 2 unspecified atom stereocenters. The number of aliphatic imine (C=N–C) groups is 1. The predicted molar refractivity (Wildman–Crippen MR) is 97.6 cm³/mol. The number of nitrogens with zero attached hydrogens (tertiary/aromatic N) is 2. The van der Waals surface area contributed by atoms with Gasteiger partial charge in [-0.15, -0.1) is 11.3 Å². The molecule has 0 saturated carbocycles. The third kappa shape index (κ3) is 4.45. The van der Waals surface area contributed by atoms with Crippen molar-refractivity contribution < 1.29 is 23.9 Å². The van der Waals surface area contributed by atoms with E-state index in [1.165, 1.54) is 29.7 Å². The SMILES string of the molecule is CCOC(=O)C1CCc2sc(NC(=O)CNC(=O)C3C=CC(=O)N=C3)nc21. The maximum Gasteiger partial charge on any atom is 0.315 e. The Morgan fingerprint density at radius 2 is 2.19 bits per heavy atom. The number of nitrogens with one attached hydrogen (secondary N) is 2. The topological polar surface area (TPSA) is 127 Å². The summed E-state index contributed by atoms with van der Waals surface area (Å²) in [7, 11) is 0. The van der Waals surface area contributed by atoms with Crippen molar-refractivity contribution >= 4 is 46.4 Å². The zero-order valence-corrected chi connectivity index (χ0v) is 15.4. The largest absolute Gasteiger partial charge is 0.465 e. The Hall–Kier alpha value is -2.88. The van der Waals surface area contributed by atoms with E-state index in [1.54, 1.807) is 6.92 Å². The summed E-state index contributed by atoms with van der Waals surface area (Å²) >= 11 is 1.32. The van der Waals surface area contributed by atoms with Gasteiger partial charge in [0.1, 0.15) is 5.92 Å². The van der Waals surface area contributed by atoms with Crippen LogP contribution in [0.15, 0.2) is 17.1 Å². The highest BCUT2D eigenvalue weighted by Crippen LogP contribution is 2.38. The number of thiazole rings is 1. The average molecular weight is 390 g/mol. The number of anilines is 1. The molecule has 0 spiro atoms. The zero-order valence-electron chi connectivity index (χ0n) is 14.6. The molecule has 9 nitrogen and oxygen atoms in total. The maximum atomic E-state index is 12.0. The maximum absolute atomic E-state index is 12.0. The number of fused-ring (bicyclic) bond motifs is 1. The van der Waals surface area contributed by atoms with Gasteiger partial charge in [0.25, 0.3) is 5.91 Å². The van der Waals surface area contributed by atoms with Gasteiger partial charge in [-0.05, 0) is 19.8 Å². The highest BCUT2D eigenvalue weighted by molar-refractivity contribution is 7.16. The van der Waals surface area contributed by atoms with Crippen LogP contribution in [0.1, 0.15) is 29.8 Å². The number of hydrogen-bond acceptors (Lipinski definition) is 7. The molecule has 10 heteroatoms. The van der Waals surface area contributed by atoms with E-state index < -0.39 is 23.6 Å². The van der Waals surface area contributed by atoms with Crippen molar-refractivity contribution in [2.75, 3.05) is 18.5 Å². The summed E-state index contributed by atoms with van der Waals surface area (Å²) in [4.78, 5) is 55.7. The number of hydrogen-bond donors (Lipinski definition) is 2. The molecule has 0 aromatic carbocycles. The van der Waals surface area contributed by atoms with E-state index in [1.807, 2.05) is 0 Å². The summed E-state index contributed by atoms with van der Waals surface area (Å²) in [5, 5.41) is 5.49. The van der Waals surface area contributed by atoms with E-state index in [9.17, 15) is 19.2 Å². The third-order valence-corrected chi connectivity index (χ3v) is 5.12. The number of dihydropyridines is 1. The van der Waals surface area contributed by atoms with Crippen LogP contribution in [0.3, 0.4) is 0 Å². The van der Waals surface area contributed by atoms with Gasteiger partial charge in [-0.25, -0.2) is 9.98 Å². The lowest BCUT2D eigenvalue weighted by molar-refractivity contribution is -0.145. The summed E-state index contributed by atoms with van der Waals surface area (Å²) in [6.07, 6.45) is 5.24. The second-order valence-corrected chi connectivity index (χ2v) is 7.02. The summed E-state index contributed by atoms with van der Waals surface area (Å²) in [6, 6.07) is 0. The standard InChI is InChI=1S/C17H18N4O5S/c1-2-26-16(25)10-4-5-11-14(10)21-17(27-11)20-13(23)8-19-15(24)9-3-6-12(22)18-7-9/h3,6-7,9-10H,2,4-5,8H2,1H3,(H,19,24)(H,20,21,23). The van der Waals surface area contributed by atoms with Crippen LogP contribution < -0.4 is 10.6 Å². The van der Waals surface area contributed by atoms with Gasteiger partial charge in [0.05, 0.1) is 24.8 Å². The number of esters is 1. The zero-order chi connectivity index (χ0) is 19.4. The molecule has 1 aliphatic carbocycles. The fourth-order valence-electron chi connectivity index (χ4n) is 2.79. The first kappa shape index (κ1) is 18.9. The van der Waals surface area contributed by atoms with Crippen molar-refractivity contribution in [1.29, 1.82) is 0 Å². The van der Waals surface area contributed by atoms with Crippen LogP contribution in [-0.2, 0) is 30.3 Å². The van der Waals surface area contributed by atoms with E-state index in [-0.39, 0.29) is 18.4 Å². The lowest BCUT2D eigenvalue weighted by atomic mass is 10.1. The number of aromatic nitrogens is 1. The Balaban J connectivity index is 1.52. The molecule has 3 rings (SSSR count). The molecule has 2 heterocycles. The lowest BCUT2D eigenvalue weighted by Crippen LogP contribution is -2.37. The minimum atomic E-state index is -0.676. The monoisotopic (exact) mass is 390 g/mol. The number of aryl methyl sites for hydroxylation is 1. The molecular weight excluding hydrogens is 372 g/mol. The molecule has 142 valence electrons. The van der Waals surface area contributed by atoms with Gasteiger partial charge in [0, 0.05) is 17.2 Å². The van der Waals surface area contributed by atoms with E-state index in [0.29, 0.717) is 23.9 Å². The second kappa shape index (κ2) is 8.21. The summed E-state index contributed by atoms with van der Waals surface area (Å²) in [5.41, 5.74) is 0.658. The number of ether oxygens (including phenoxy) is 1. The molecule has 1 aliphatic heterocycles. The van der Waals surface area contributed by atoms with Gasteiger partial charge in [-0.1, -0.05) is 6.08 Å². The molecule has 0 saturated heterocycles. The lowest BCUT2D eigenvalue weighted by Gasteiger charge is -2.10. The predicted octanol–water partition coefficient (Wildman–Crippen LogP) is 0.574. The first-order chi connectivity index (χ1) is 13.0. The molecule has 1 aromatic rings. The molecular formula is C17H18N4O5S. The van der Waals surface area contributed by atoms with Gasteiger partial charge >= 0.3 is 5.97 Å². The summed E-state index contributed by atoms with van der Waals surface area (Å²) < 4.78 is 5.06. The van der Waals surface area contributed by atoms with E-state index in [2.05, 4.69) is 20.6 Å². The second-order valence-electron chi connectivity index (χ2n) is 5.94. The van der Waals surface area contributed by atoms with Crippen LogP contribution in [0.4, 0.5) is 5.13 Å². The van der Waals surface area contributed by atoms with Crippen molar-refractivity contribution in [3.8, 4) is 0 Å². The van der Waals surface area contributed by atoms with Crippen LogP contribution in [-0.4, -0.2) is 48.0 Å². The Morgan fingerprint density at radius 1 is 1.37 bits per heavy atom. The van der Waals surface area contributed by atoms with Crippen LogP contribution in [0.5, 0.6) is 0 Å². The van der Waals surface area contributed by atoms with E-state index in [0.717, 1.165) is 11.3 Å². The number of carbonyl (C=O) groups is 4. The van der Waals surface area contributed by atoms with Gasteiger partial charge in [-0.3, -0.25) is 19.2 Å². The first-order valence-corrected chi connectivity index (χ1v) is 9.29. The molecule has 1 aromatic heterocycles. The van der Waals surface area contributed by atoms with Crippen molar-refractivity contribution in [3.63, 3.8) is 0 Å². The summed E-state index contributed by atoms with van der Waals surface area (Å²) in [6.45, 7) is 1.82. The molecule has 2 atom stereocenters. The molecule has 0 bridgehead atoms. The molecule has 2 aliphatic rings. The molecule has 27 heavy (non-hydrogen) atoms. The van der Waals surface area contributed by atoms with Gasteiger partial charge in [0.15, 0.2) is 5.13 Å². The van der Waals surface area contributed by atoms with Crippen molar-refractivity contribution in [2.45, 2.75) is 25.7 Å². The molecule has 0 radical (unpaired) electrons. The Bertz CT molecular complexity index is 828. The Morgan fingerprint density at radius 3 is 2.89 bits per heavy atom. The van der Waals surface area contributed by atoms with Crippen LogP contribution in [0.25, 0.3) is 0 Å². The van der Waals surface area contributed by atoms with Crippen molar-refractivity contribution in [1.82, 2.24) is 10.3 Å². The molecule has 3 amide bonds. The molecule has 2 N–H and O–H groups in total. The van der Waals surface area contributed by atoms with E-state index >= 15 is 0 Å². The Kier molecular flexibility index (Phi) is 5.75.